The van der Waals surface area contributed by atoms with Gasteiger partial charge >= 0.3 is 6.18 Å². The first-order valence-electron chi connectivity index (χ1n) is 5.75. The number of ether oxygens (including phenoxy) is 1. The minimum Gasteiger partial charge on any atom is -0.456 e. The van der Waals surface area contributed by atoms with Crippen LogP contribution in [0, 0.1) is 0 Å². The molecule has 106 valence electrons. The molecule has 0 saturated heterocycles. The van der Waals surface area contributed by atoms with Gasteiger partial charge in [0.05, 0.1) is 5.56 Å². The Hall–Kier alpha value is -1.72. The molecule has 6 heteroatoms. The van der Waals surface area contributed by atoms with Crippen LogP contribution >= 0.6 is 11.6 Å². The number of hydrogen-bond donors (Lipinski definition) is 1. The summed E-state index contributed by atoms with van der Waals surface area (Å²) in [6.45, 7) is 0.0726. The Bertz CT molecular complexity index is 614. The van der Waals surface area contributed by atoms with Gasteiger partial charge in [0.25, 0.3) is 0 Å². The van der Waals surface area contributed by atoms with E-state index in [1.165, 1.54) is 24.3 Å². The molecule has 0 heterocycles. The van der Waals surface area contributed by atoms with E-state index in [9.17, 15) is 13.2 Å². The van der Waals surface area contributed by atoms with Crippen molar-refractivity contribution in [3.8, 4) is 11.5 Å². The van der Waals surface area contributed by atoms with Crippen LogP contribution in [0.4, 0.5) is 13.2 Å². The van der Waals surface area contributed by atoms with Crippen molar-refractivity contribution in [3.63, 3.8) is 0 Å². The fraction of sp³-hybridized carbons (Fsp3) is 0.143. The molecule has 2 N–H and O–H groups in total. The van der Waals surface area contributed by atoms with E-state index in [1.54, 1.807) is 12.1 Å². The third-order valence-electron chi connectivity index (χ3n) is 2.69. The van der Waals surface area contributed by atoms with Crippen molar-refractivity contribution in [2.75, 3.05) is 0 Å². The van der Waals surface area contributed by atoms with E-state index in [-0.39, 0.29) is 18.0 Å². The Morgan fingerprint density at radius 1 is 1.00 bits per heavy atom. The average Bonchev–Trinajstić information content (AvgIpc) is 2.38. The Labute approximate surface area is 118 Å². The van der Waals surface area contributed by atoms with Gasteiger partial charge in [0, 0.05) is 17.1 Å². The van der Waals surface area contributed by atoms with Crippen LogP contribution in [0.2, 0.25) is 5.02 Å². The lowest BCUT2D eigenvalue weighted by atomic mass is 10.1. The fourth-order valence-electron chi connectivity index (χ4n) is 1.74. The summed E-state index contributed by atoms with van der Waals surface area (Å²) in [6, 6.07) is 9.71. The van der Waals surface area contributed by atoms with Crippen molar-refractivity contribution < 1.29 is 17.9 Å². The number of halogens is 4. The Morgan fingerprint density at radius 3 is 2.30 bits per heavy atom. The first-order chi connectivity index (χ1) is 9.43. The van der Waals surface area contributed by atoms with Crippen molar-refractivity contribution in [3.05, 3.63) is 58.6 Å². The van der Waals surface area contributed by atoms with Crippen molar-refractivity contribution in [2.24, 2.45) is 5.73 Å². The molecule has 0 fully saturated rings. The molecule has 2 aromatic rings. The van der Waals surface area contributed by atoms with Crippen molar-refractivity contribution in [1.29, 1.82) is 0 Å². The molecule has 0 aliphatic carbocycles. The number of hydrogen-bond acceptors (Lipinski definition) is 2. The number of rotatable bonds is 3. The summed E-state index contributed by atoms with van der Waals surface area (Å²) in [7, 11) is 0. The molecule has 0 aromatic heterocycles. The standard InChI is InChI=1S/C14H11ClF3NO/c15-11-5-3-7-12(9(11)8-19)20-13-6-2-1-4-10(13)14(16,17)18/h1-7H,8,19H2. The summed E-state index contributed by atoms with van der Waals surface area (Å²) < 4.78 is 44.0. The third-order valence-corrected chi connectivity index (χ3v) is 3.05. The summed E-state index contributed by atoms with van der Waals surface area (Å²) in [6.07, 6.45) is -4.49. The molecule has 20 heavy (non-hydrogen) atoms. The van der Waals surface area contributed by atoms with Gasteiger partial charge in [-0.3, -0.25) is 0 Å². The third kappa shape index (κ3) is 3.05. The van der Waals surface area contributed by atoms with Gasteiger partial charge in [-0.1, -0.05) is 29.8 Å². The second-order valence-electron chi connectivity index (χ2n) is 4.02. The van der Waals surface area contributed by atoms with Gasteiger partial charge in [0.1, 0.15) is 11.5 Å². The maximum Gasteiger partial charge on any atom is 0.419 e. The highest BCUT2D eigenvalue weighted by atomic mass is 35.5. The van der Waals surface area contributed by atoms with Gasteiger partial charge in [0.15, 0.2) is 0 Å². The SMILES string of the molecule is NCc1c(Cl)cccc1Oc1ccccc1C(F)(F)F. The van der Waals surface area contributed by atoms with E-state index < -0.39 is 11.7 Å². The predicted octanol–water partition coefficient (Wildman–Crippen LogP) is 4.61. The summed E-state index contributed by atoms with van der Waals surface area (Å²) in [5.41, 5.74) is 5.16. The van der Waals surface area contributed by atoms with Crippen LogP contribution in [0.1, 0.15) is 11.1 Å². The summed E-state index contributed by atoms with van der Waals surface area (Å²) >= 11 is 5.94. The zero-order valence-electron chi connectivity index (χ0n) is 10.2. The smallest absolute Gasteiger partial charge is 0.419 e. The van der Waals surface area contributed by atoms with E-state index in [1.807, 2.05) is 0 Å². The minimum absolute atomic E-state index is 0.0726. The molecule has 0 unspecified atom stereocenters. The lowest BCUT2D eigenvalue weighted by Gasteiger charge is -2.15. The van der Waals surface area contributed by atoms with Crippen molar-refractivity contribution >= 4 is 11.6 Å². The molecule has 0 aliphatic heterocycles. The quantitative estimate of drug-likeness (QED) is 0.898. The maximum atomic E-state index is 12.9. The topological polar surface area (TPSA) is 35.2 Å². The van der Waals surface area contributed by atoms with Gasteiger partial charge in [-0.25, -0.2) is 0 Å². The molecule has 0 saturated carbocycles. The molecule has 2 nitrogen and oxygen atoms in total. The molecular weight excluding hydrogens is 291 g/mol. The summed E-state index contributed by atoms with van der Waals surface area (Å²) in [5.74, 6) is -0.0614. The normalized spacial score (nSPS) is 11.4. The number of para-hydroxylation sites is 1. The van der Waals surface area contributed by atoms with E-state index in [4.69, 9.17) is 22.1 Å². The second kappa shape index (κ2) is 5.73. The number of nitrogens with two attached hydrogens (primary N) is 1. The molecule has 0 atom stereocenters. The molecule has 2 rings (SSSR count). The minimum atomic E-state index is -4.49. The van der Waals surface area contributed by atoms with Crippen LogP contribution < -0.4 is 10.5 Å². The number of alkyl halides is 3. The lowest BCUT2D eigenvalue weighted by Crippen LogP contribution is -2.07. The van der Waals surface area contributed by atoms with Gasteiger partial charge < -0.3 is 10.5 Å². The van der Waals surface area contributed by atoms with Crippen LogP contribution in [0.3, 0.4) is 0 Å². The second-order valence-corrected chi connectivity index (χ2v) is 4.42. The Balaban J connectivity index is 2.44. The highest BCUT2D eigenvalue weighted by molar-refractivity contribution is 6.31. The van der Waals surface area contributed by atoms with Gasteiger partial charge in [-0.05, 0) is 24.3 Å². The zero-order chi connectivity index (χ0) is 14.8. The van der Waals surface area contributed by atoms with Crippen LogP contribution in [-0.4, -0.2) is 0 Å². The predicted molar refractivity (Wildman–Crippen MR) is 70.9 cm³/mol. The molecule has 0 bridgehead atoms. The van der Waals surface area contributed by atoms with E-state index >= 15 is 0 Å². The van der Waals surface area contributed by atoms with Crippen LogP contribution in [0.15, 0.2) is 42.5 Å². The number of benzene rings is 2. The van der Waals surface area contributed by atoms with Crippen LogP contribution in [-0.2, 0) is 12.7 Å². The van der Waals surface area contributed by atoms with Crippen molar-refractivity contribution in [1.82, 2.24) is 0 Å². The highest BCUT2D eigenvalue weighted by Crippen LogP contribution is 2.39. The van der Waals surface area contributed by atoms with Gasteiger partial charge in [-0.15, -0.1) is 0 Å². The lowest BCUT2D eigenvalue weighted by molar-refractivity contribution is -0.138. The molecule has 0 radical (unpaired) electrons. The Kier molecular flexibility index (Phi) is 4.20. The van der Waals surface area contributed by atoms with E-state index in [0.29, 0.717) is 10.6 Å². The first-order valence-corrected chi connectivity index (χ1v) is 6.13. The maximum absolute atomic E-state index is 12.9. The highest BCUT2D eigenvalue weighted by Gasteiger charge is 2.34. The molecule has 0 spiro atoms. The Morgan fingerprint density at radius 2 is 1.65 bits per heavy atom. The van der Waals surface area contributed by atoms with E-state index in [0.717, 1.165) is 6.07 Å². The molecule has 2 aromatic carbocycles. The zero-order valence-corrected chi connectivity index (χ0v) is 11.0. The summed E-state index contributed by atoms with van der Waals surface area (Å²) in [4.78, 5) is 0. The molecular formula is C14H11ClF3NO. The summed E-state index contributed by atoms with van der Waals surface area (Å²) in [5, 5.41) is 0.356. The van der Waals surface area contributed by atoms with Crippen LogP contribution in [0.25, 0.3) is 0 Å². The average molecular weight is 302 g/mol. The molecule has 0 aliphatic rings. The van der Waals surface area contributed by atoms with Crippen LogP contribution in [0.5, 0.6) is 11.5 Å². The largest absolute Gasteiger partial charge is 0.456 e. The first kappa shape index (κ1) is 14.7. The monoisotopic (exact) mass is 301 g/mol. The van der Waals surface area contributed by atoms with Crippen molar-refractivity contribution in [2.45, 2.75) is 12.7 Å². The van der Waals surface area contributed by atoms with Gasteiger partial charge in [-0.2, -0.15) is 13.2 Å². The fourth-order valence-corrected chi connectivity index (χ4v) is 1.98. The van der Waals surface area contributed by atoms with E-state index in [2.05, 4.69) is 0 Å². The molecule has 0 amide bonds. The van der Waals surface area contributed by atoms with Gasteiger partial charge in [0.2, 0.25) is 0 Å².